The maximum absolute atomic E-state index is 13.7. The maximum atomic E-state index is 13.7. The van der Waals surface area contributed by atoms with E-state index in [-0.39, 0.29) is 35.5 Å². The smallest absolute Gasteiger partial charge is 0.241 e. The van der Waals surface area contributed by atoms with E-state index in [0.717, 1.165) is 10.8 Å². The molecule has 4 rings (SSSR count). The van der Waals surface area contributed by atoms with Crippen molar-refractivity contribution in [3.8, 4) is 0 Å². The molecule has 1 saturated heterocycles. The van der Waals surface area contributed by atoms with Crippen LogP contribution in [0.5, 0.6) is 0 Å². The van der Waals surface area contributed by atoms with Gasteiger partial charge in [0.15, 0.2) is 0 Å². The van der Waals surface area contributed by atoms with E-state index in [1.165, 1.54) is 6.07 Å². The second-order valence-corrected chi connectivity index (χ2v) is 11.0. The van der Waals surface area contributed by atoms with Gasteiger partial charge in [-0.3, -0.25) is 15.0 Å². The van der Waals surface area contributed by atoms with Crippen LogP contribution in [0.1, 0.15) is 24.0 Å². The molecule has 3 aromatic rings. The van der Waals surface area contributed by atoms with E-state index in [2.05, 4.69) is 10.0 Å². The van der Waals surface area contributed by atoms with E-state index in [9.17, 15) is 18.0 Å². The number of nitrogens with one attached hydrogen (secondary N) is 3. The third kappa shape index (κ3) is 6.15. The first kappa shape index (κ1) is 26.3. The lowest BCUT2D eigenvalue weighted by atomic mass is 9.95. The Hall–Kier alpha value is -3.76. The minimum atomic E-state index is -4.06. The zero-order chi connectivity index (χ0) is 26.6. The lowest BCUT2D eigenvalue weighted by Gasteiger charge is -2.34. The van der Waals surface area contributed by atoms with Crippen LogP contribution in [0.4, 0.5) is 0 Å². The monoisotopic (exact) mass is 521 g/mol. The van der Waals surface area contributed by atoms with Crippen LogP contribution in [0, 0.1) is 11.3 Å². The lowest BCUT2D eigenvalue weighted by molar-refractivity contribution is -0.137. The van der Waals surface area contributed by atoms with Gasteiger partial charge in [0.25, 0.3) is 0 Å². The number of amides is 2. The molecule has 1 heterocycles. The number of carbonyl (C=O) groups is 2. The lowest BCUT2D eigenvalue weighted by Crippen LogP contribution is -2.53. The Morgan fingerprint density at radius 3 is 2.57 bits per heavy atom. The topological polar surface area (TPSA) is 145 Å². The zero-order valence-corrected chi connectivity index (χ0v) is 21.4. The Morgan fingerprint density at radius 1 is 1.08 bits per heavy atom. The number of sulfonamides is 1. The van der Waals surface area contributed by atoms with Crippen molar-refractivity contribution in [1.29, 1.82) is 5.41 Å². The molecule has 2 atom stereocenters. The molecule has 1 fully saturated rings. The first-order valence-corrected chi connectivity index (χ1v) is 13.6. The fraction of sp³-hybridized carbons (Fsp3) is 0.296. The van der Waals surface area contributed by atoms with Gasteiger partial charge >= 0.3 is 0 Å². The SMILES string of the molecule is CNC(=O)C1CCCN(C(=O)C(Cc2cccc(C(=N)N)c2)NS(=O)(=O)c2ccc3ccccc3c2)C1. The Balaban J connectivity index is 1.65. The van der Waals surface area contributed by atoms with Gasteiger partial charge in [-0.2, -0.15) is 4.72 Å². The number of piperidine rings is 1. The van der Waals surface area contributed by atoms with Crippen molar-refractivity contribution in [2.24, 2.45) is 11.7 Å². The predicted molar refractivity (Wildman–Crippen MR) is 143 cm³/mol. The number of carbonyl (C=O) groups excluding carboxylic acids is 2. The van der Waals surface area contributed by atoms with Crippen LogP contribution < -0.4 is 15.8 Å². The molecule has 0 saturated carbocycles. The van der Waals surface area contributed by atoms with E-state index in [4.69, 9.17) is 11.1 Å². The van der Waals surface area contributed by atoms with Gasteiger partial charge in [0.05, 0.1) is 10.8 Å². The number of hydrogen-bond donors (Lipinski definition) is 4. The number of hydrogen-bond acceptors (Lipinski definition) is 5. The third-order valence-corrected chi connectivity index (χ3v) is 8.12. The molecule has 194 valence electrons. The highest BCUT2D eigenvalue weighted by molar-refractivity contribution is 7.89. The number of benzene rings is 3. The van der Waals surface area contributed by atoms with Crippen LogP contribution >= 0.6 is 0 Å². The van der Waals surface area contributed by atoms with Gasteiger partial charge in [-0.05, 0) is 53.8 Å². The fourth-order valence-corrected chi connectivity index (χ4v) is 5.91. The minimum Gasteiger partial charge on any atom is -0.384 e. The van der Waals surface area contributed by atoms with Crippen LogP contribution in [-0.2, 0) is 26.0 Å². The normalized spacial score (nSPS) is 16.8. The number of likely N-dealkylation sites (tertiary alicyclic amines) is 1. The molecule has 37 heavy (non-hydrogen) atoms. The summed E-state index contributed by atoms with van der Waals surface area (Å²) < 4.78 is 29.5. The highest BCUT2D eigenvalue weighted by Crippen LogP contribution is 2.22. The molecule has 9 nitrogen and oxygen atoms in total. The van der Waals surface area contributed by atoms with Crippen molar-refractivity contribution in [2.75, 3.05) is 20.1 Å². The first-order chi connectivity index (χ1) is 17.7. The van der Waals surface area contributed by atoms with Crippen LogP contribution in [0.2, 0.25) is 0 Å². The van der Waals surface area contributed by atoms with Gasteiger partial charge in [0.1, 0.15) is 11.9 Å². The summed E-state index contributed by atoms with van der Waals surface area (Å²) in [4.78, 5) is 27.5. The Labute approximate surface area is 216 Å². The highest BCUT2D eigenvalue weighted by Gasteiger charge is 2.34. The molecular weight excluding hydrogens is 490 g/mol. The van der Waals surface area contributed by atoms with Gasteiger partial charge in [0, 0.05) is 25.7 Å². The fourth-order valence-electron chi connectivity index (χ4n) is 4.69. The highest BCUT2D eigenvalue weighted by atomic mass is 32.2. The molecule has 2 amide bonds. The maximum Gasteiger partial charge on any atom is 0.241 e. The number of amidine groups is 1. The van der Waals surface area contributed by atoms with E-state index < -0.39 is 22.0 Å². The summed E-state index contributed by atoms with van der Waals surface area (Å²) in [6, 6.07) is 18.0. The summed E-state index contributed by atoms with van der Waals surface area (Å²) in [5, 5.41) is 12.0. The molecule has 1 aliphatic heterocycles. The second-order valence-electron chi connectivity index (χ2n) is 9.24. The van der Waals surface area contributed by atoms with Gasteiger partial charge < -0.3 is 16.0 Å². The Bertz CT molecular complexity index is 1440. The van der Waals surface area contributed by atoms with Crippen molar-refractivity contribution in [2.45, 2.75) is 30.2 Å². The van der Waals surface area contributed by atoms with E-state index >= 15 is 0 Å². The molecule has 10 heteroatoms. The molecule has 0 spiro atoms. The summed E-state index contributed by atoms with van der Waals surface area (Å²) >= 11 is 0. The average molecular weight is 522 g/mol. The van der Waals surface area contributed by atoms with Crippen molar-refractivity contribution >= 4 is 38.4 Å². The molecule has 3 aromatic carbocycles. The summed E-state index contributed by atoms with van der Waals surface area (Å²) in [7, 11) is -2.50. The summed E-state index contributed by atoms with van der Waals surface area (Å²) in [6.07, 6.45) is 1.37. The van der Waals surface area contributed by atoms with Crippen molar-refractivity contribution in [3.63, 3.8) is 0 Å². The number of fused-ring (bicyclic) bond motifs is 1. The molecule has 0 bridgehead atoms. The van der Waals surface area contributed by atoms with Gasteiger partial charge in [-0.1, -0.05) is 48.5 Å². The zero-order valence-electron chi connectivity index (χ0n) is 20.6. The predicted octanol–water partition coefficient (Wildman–Crippen LogP) is 2.00. The molecule has 2 unspecified atom stereocenters. The van der Waals surface area contributed by atoms with Crippen LogP contribution in [0.25, 0.3) is 10.8 Å². The Kier molecular flexibility index (Phi) is 7.89. The number of rotatable bonds is 8. The van der Waals surface area contributed by atoms with Crippen molar-refractivity contribution < 1.29 is 18.0 Å². The first-order valence-electron chi connectivity index (χ1n) is 12.1. The third-order valence-electron chi connectivity index (χ3n) is 6.65. The van der Waals surface area contributed by atoms with Crippen LogP contribution in [0.3, 0.4) is 0 Å². The minimum absolute atomic E-state index is 0.0587. The average Bonchev–Trinajstić information content (AvgIpc) is 2.91. The van der Waals surface area contributed by atoms with Crippen LogP contribution in [0.15, 0.2) is 71.6 Å². The quantitative estimate of drug-likeness (QED) is 0.265. The van der Waals surface area contributed by atoms with Gasteiger partial charge in [-0.25, -0.2) is 8.42 Å². The van der Waals surface area contributed by atoms with E-state index in [0.29, 0.717) is 30.5 Å². The second kappa shape index (κ2) is 11.1. The molecule has 5 N–H and O–H groups in total. The Morgan fingerprint density at radius 2 is 1.84 bits per heavy atom. The van der Waals surface area contributed by atoms with Crippen molar-refractivity contribution in [3.05, 3.63) is 77.9 Å². The summed E-state index contributed by atoms with van der Waals surface area (Å²) in [5.74, 6) is -1.00. The number of nitrogen functional groups attached to an aromatic ring is 1. The molecular formula is C27H31N5O4S. The van der Waals surface area contributed by atoms with Gasteiger partial charge in [0.2, 0.25) is 21.8 Å². The molecule has 0 aliphatic carbocycles. The molecule has 0 radical (unpaired) electrons. The van der Waals surface area contributed by atoms with E-state index in [1.54, 1.807) is 48.3 Å². The standard InChI is InChI=1S/C27H31N5O4S/c1-30-26(33)22-10-5-13-32(17-22)27(34)24(15-18-6-4-9-21(14-18)25(28)29)31-37(35,36)23-12-11-19-7-2-3-8-20(19)16-23/h2-4,6-9,11-12,14,16,22,24,31H,5,10,13,15,17H2,1H3,(H3,28,29)(H,30,33). The molecule has 1 aliphatic rings. The number of nitrogens with zero attached hydrogens (tertiary/aromatic N) is 1. The van der Waals surface area contributed by atoms with Gasteiger partial charge in [-0.15, -0.1) is 0 Å². The van der Waals surface area contributed by atoms with Crippen LogP contribution in [-0.4, -0.2) is 57.1 Å². The van der Waals surface area contributed by atoms with Crippen molar-refractivity contribution in [1.82, 2.24) is 14.9 Å². The number of nitrogens with two attached hydrogens (primary N) is 1. The largest absolute Gasteiger partial charge is 0.384 e. The van der Waals surface area contributed by atoms with E-state index in [1.807, 2.05) is 24.3 Å². The molecule has 0 aromatic heterocycles. The summed E-state index contributed by atoms with van der Waals surface area (Å²) in [5.41, 5.74) is 6.77. The summed E-state index contributed by atoms with van der Waals surface area (Å²) in [6.45, 7) is 0.661.